The quantitative estimate of drug-likeness (QED) is 0.185. The summed E-state index contributed by atoms with van der Waals surface area (Å²) < 4.78 is 46.3. The number of ether oxygens (including phenoxy) is 7. The third kappa shape index (κ3) is 6.46. The van der Waals surface area contributed by atoms with Gasteiger partial charge in [0.05, 0.1) is 48.7 Å². The van der Waals surface area contributed by atoms with Crippen LogP contribution in [0.4, 0.5) is 0 Å². The molecule has 6 aliphatic heterocycles. The first kappa shape index (κ1) is 39.4. The molecule has 0 saturated carbocycles. The van der Waals surface area contributed by atoms with Gasteiger partial charge >= 0.3 is 5.97 Å². The number of esters is 1. The molecule has 0 aliphatic carbocycles. The maximum Gasteiger partial charge on any atom is 0.311 e. The van der Waals surface area contributed by atoms with Crippen LogP contribution in [0.3, 0.4) is 0 Å². The average molecular weight is 743 g/mol. The number of carbonyl (C=O) groups is 1. The summed E-state index contributed by atoms with van der Waals surface area (Å²) in [6.45, 7) is 19.3. The van der Waals surface area contributed by atoms with Crippen molar-refractivity contribution in [3.63, 3.8) is 0 Å². The van der Waals surface area contributed by atoms with Crippen LogP contribution in [0.1, 0.15) is 148 Å². The molecule has 0 aromatic carbocycles. The zero-order valence-corrected chi connectivity index (χ0v) is 33.8. The summed E-state index contributed by atoms with van der Waals surface area (Å²) in [6.07, 6.45) is 10.6. The van der Waals surface area contributed by atoms with E-state index in [-0.39, 0.29) is 72.2 Å². The van der Waals surface area contributed by atoms with E-state index in [1.165, 1.54) is 7.11 Å². The lowest BCUT2D eigenvalue weighted by Gasteiger charge is -2.53. The third-order valence-corrected chi connectivity index (χ3v) is 14.5. The Kier molecular flexibility index (Phi) is 10.8. The molecular formula is C42H66N2O9. The van der Waals surface area contributed by atoms with Crippen molar-refractivity contribution in [2.75, 3.05) is 7.11 Å². The first-order valence-corrected chi connectivity index (χ1v) is 20.8. The molecule has 2 spiro atoms. The Morgan fingerprint density at radius 3 is 2.42 bits per heavy atom. The molecule has 16 atom stereocenters. The zero-order valence-electron chi connectivity index (χ0n) is 33.8. The lowest BCUT2D eigenvalue weighted by Crippen LogP contribution is -2.60. The van der Waals surface area contributed by atoms with Gasteiger partial charge in [-0.25, -0.2) is 0 Å². The molecule has 53 heavy (non-hydrogen) atoms. The Hall–Kier alpha value is -1.86. The van der Waals surface area contributed by atoms with Crippen LogP contribution >= 0.6 is 0 Å². The summed E-state index contributed by atoms with van der Waals surface area (Å²) >= 11 is 0. The van der Waals surface area contributed by atoms with Crippen molar-refractivity contribution in [1.29, 1.82) is 0 Å². The first-order valence-electron chi connectivity index (χ1n) is 20.8. The molecule has 11 heteroatoms. The van der Waals surface area contributed by atoms with E-state index >= 15 is 0 Å². The summed E-state index contributed by atoms with van der Waals surface area (Å²) in [7, 11) is 1.46. The van der Waals surface area contributed by atoms with Crippen molar-refractivity contribution in [2.45, 2.75) is 198 Å². The van der Waals surface area contributed by atoms with Crippen molar-refractivity contribution in [3.8, 4) is 0 Å². The molecule has 2 bridgehead atoms. The van der Waals surface area contributed by atoms with Gasteiger partial charge in [0.25, 0.3) is 0 Å². The Morgan fingerprint density at radius 2 is 1.74 bits per heavy atom. The minimum atomic E-state index is -0.964. The van der Waals surface area contributed by atoms with Gasteiger partial charge in [-0.05, 0) is 94.8 Å². The topological polar surface area (TPSA) is 131 Å². The van der Waals surface area contributed by atoms with E-state index in [0.717, 1.165) is 42.6 Å². The van der Waals surface area contributed by atoms with Gasteiger partial charge in [-0.2, -0.15) is 5.10 Å². The van der Waals surface area contributed by atoms with E-state index in [2.05, 4.69) is 58.8 Å². The van der Waals surface area contributed by atoms with E-state index in [1.807, 2.05) is 20.8 Å². The number of rotatable bonds is 10. The van der Waals surface area contributed by atoms with Crippen LogP contribution in [0.2, 0.25) is 0 Å². The molecule has 0 amide bonds. The van der Waals surface area contributed by atoms with E-state index in [0.29, 0.717) is 44.4 Å². The molecule has 16 unspecified atom stereocenters. The molecule has 7 heterocycles. The molecule has 5 fully saturated rings. The largest absolute Gasteiger partial charge is 0.469 e. The number of nitrogens with one attached hydrogen (secondary N) is 1. The molecular weight excluding hydrogens is 676 g/mol. The Morgan fingerprint density at radius 1 is 0.981 bits per heavy atom. The summed E-state index contributed by atoms with van der Waals surface area (Å²) in [5.41, 5.74) is 2.43. The van der Waals surface area contributed by atoms with Gasteiger partial charge in [0.15, 0.2) is 11.6 Å². The highest BCUT2D eigenvalue weighted by Crippen LogP contribution is 2.60. The molecule has 2 N–H and O–H groups in total. The van der Waals surface area contributed by atoms with Crippen LogP contribution in [0.25, 0.3) is 0 Å². The highest BCUT2D eigenvalue weighted by Gasteiger charge is 2.71. The molecule has 7 rings (SSSR count). The van der Waals surface area contributed by atoms with Gasteiger partial charge in [-0.3, -0.25) is 9.89 Å². The molecule has 0 radical (unpaired) electrons. The number of fused-ring (bicyclic) bond motifs is 1. The second-order valence-electron chi connectivity index (χ2n) is 17.6. The molecule has 5 saturated heterocycles. The van der Waals surface area contributed by atoms with Crippen molar-refractivity contribution in [2.24, 2.45) is 23.7 Å². The van der Waals surface area contributed by atoms with E-state index in [1.54, 1.807) is 0 Å². The van der Waals surface area contributed by atoms with Gasteiger partial charge < -0.3 is 38.3 Å². The van der Waals surface area contributed by atoms with Gasteiger partial charge in [-0.1, -0.05) is 48.5 Å². The minimum Gasteiger partial charge on any atom is -0.469 e. The van der Waals surface area contributed by atoms with Crippen LogP contribution in [0.15, 0.2) is 12.2 Å². The fourth-order valence-electron chi connectivity index (χ4n) is 11.0. The average Bonchev–Trinajstić information content (AvgIpc) is 3.82. The van der Waals surface area contributed by atoms with Crippen molar-refractivity contribution in [3.05, 3.63) is 29.1 Å². The fourth-order valence-corrected chi connectivity index (χ4v) is 11.0. The smallest absolute Gasteiger partial charge is 0.311 e. The highest BCUT2D eigenvalue weighted by atomic mass is 16.9. The fraction of sp³-hybridized carbons (Fsp3) is 0.857. The summed E-state index contributed by atoms with van der Waals surface area (Å²) in [6, 6.07) is 0. The van der Waals surface area contributed by atoms with Crippen LogP contribution in [0, 0.1) is 30.6 Å². The predicted octanol–water partition coefficient (Wildman–Crippen LogP) is 7.35. The Balaban J connectivity index is 1.09. The summed E-state index contributed by atoms with van der Waals surface area (Å²) in [5, 5.41) is 19.5. The van der Waals surface area contributed by atoms with Crippen LogP contribution < -0.4 is 0 Å². The third-order valence-electron chi connectivity index (χ3n) is 14.5. The second kappa shape index (κ2) is 14.6. The molecule has 1 aromatic heterocycles. The first-order chi connectivity index (χ1) is 25.2. The van der Waals surface area contributed by atoms with Crippen molar-refractivity contribution >= 4 is 5.97 Å². The maximum absolute atomic E-state index is 12.6. The standard InChI is InChI=1S/C42H66N2O9/c1-11-29(38(45)47-10)31-15-14-23(4)36(49-31)27(8)34-26(7)35(44-43-34)30(12-2)37-24(5)22-25(6)40(51-37)19-17-33-42(52-40)21-20-41(50-33,53-42)32-16-18-39(46,13-3)28(9)48-32/h17,19,23-25,27-33,36-37,46H,11-16,18,20-22H2,1-10H3,(H,43,44). The number of aliphatic hydroxyl groups is 1. The number of hydrogen-bond acceptors (Lipinski definition) is 10. The van der Waals surface area contributed by atoms with Crippen molar-refractivity contribution < 1.29 is 43.1 Å². The van der Waals surface area contributed by atoms with Gasteiger partial charge in [0.1, 0.15) is 12.2 Å². The lowest BCUT2D eigenvalue weighted by molar-refractivity contribution is -0.380. The second-order valence-corrected chi connectivity index (χ2v) is 17.6. The van der Waals surface area contributed by atoms with Gasteiger partial charge in [0.2, 0.25) is 5.79 Å². The van der Waals surface area contributed by atoms with Gasteiger partial charge in [-0.15, -0.1) is 0 Å². The SMILES string of the molecule is CCC(C(=O)OC)C1CCC(C)C(C(C)c2n[nH]c(C(CC)C3OC4(C=CC5OC6(C7CCC(O)(CC)C(C)O7)CCC5(O4)O6)C(C)CC3C)c2C)O1. The number of aromatic nitrogens is 2. The molecule has 6 aliphatic rings. The number of H-pyrrole nitrogens is 1. The normalized spacial score (nSPS) is 45.5. The zero-order chi connectivity index (χ0) is 38.1. The maximum atomic E-state index is 12.6. The summed E-state index contributed by atoms with van der Waals surface area (Å²) in [4.78, 5) is 12.6. The number of carbonyl (C=O) groups excluding carboxylic acids is 1. The number of nitrogens with zero attached hydrogens (tertiary/aromatic N) is 1. The summed E-state index contributed by atoms with van der Waals surface area (Å²) in [5.74, 6) is -2.47. The van der Waals surface area contributed by atoms with E-state index in [9.17, 15) is 9.90 Å². The van der Waals surface area contributed by atoms with Crippen LogP contribution in [0.5, 0.6) is 0 Å². The molecule has 11 nitrogen and oxygen atoms in total. The molecule has 298 valence electrons. The number of hydrogen-bond donors (Lipinski definition) is 2. The minimum absolute atomic E-state index is 0.0382. The van der Waals surface area contributed by atoms with Crippen LogP contribution in [-0.4, -0.2) is 88.0 Å². The predicted molar refractivity (Wildman–Crippen MR) is 198 cm³/mol. The molecule has 1 aromatic rings. The Labute approximate surface area is 316 Å². The van der Waals surface area contributed by atoms with E-state index < -0.39 is 23.0 Å². The van der Waals surface area contributed by atoms with Gasteiger partial charge in [0, 0.05) is 36.3 Å². The number of methoxy groups -OCH3 is 1. The highest BCUT2D eigenvalue weighted by molar-refractivity contribution is 5.72. The van der Waals surface area contributed by atoms with Crippen molar-refractivity contribution in [1.82, 2.24) is 10.2 Å². The lowest BCUT2D eigenvalue weighted by atomic mass is 9.75. The number of aromatic amines is 1. The monoisotopic (exact) mass is 742 g/mol. The van der Waals surface area contributed by atoms with E-state index in [4.69, 9.17) is 38.3 Å². The van der Waals surface area contributed by atoms with Crippen LogP contribution in [-0.2, 0) is 38.0 Å². The Bertz CT molecular complexity index is 1520.